The van der Waals surface area contributed by atoms with E-state index in [4.69, 9.17) is 9.47 Å². The summed E-state index contributed by atoms with van der Waals surface area (Å²) in [6.07, 6.45) is 4.30. The summed E-state index contributed by atoms with van der Waals surface area (Å²) in [5.41, 5.74) is 1.02. The van der Waals surface area contributed by atoms with Crippen molar-refractivity contribution in [1.82, 2.24) is 4.90 Å². The first-order valence-electron chi connectivity index (χ1n) is 8.73. The maximum Gasteiger partial charge on any atom is 0.223 e. The third-order valence-electron chi connectivity index (χ3n) is 4.86. The fourth-order valence-corrected chi connectivity index (χ4v) is 3.49. The molecule has 0 saturated carbocycles. The van der Waals surface area contributed by atoms with E-state index in [9.17, 15) is 9.90 Å². The summed E-state index contributed by atoms with van der Waals surface area (Å²) in [5.74, 6) is 1.72. The van der Waals surface area contributed by atoms with Crippen LogP contribution in [0, 0.1) is 0 Å². The van der Waals surface area contributed by atoms with Crippen LogP contribution in [0.4, 0.5) is 0 Å². The van der Waals surface area contributed by atoms with Crippen LogP contribution in [0.25, 0.3) is 0 Å². The molecule has 1 saturated heterocycles. The second kappa shape index (κ2) is 8.92. The molecule has 2 rings (SSSR count). The van der Waals surface area contributed by atoms with Gasteiger partial charge in [0, 0.05) is 31.7 Å². The predicted octanol–water partition coefficient (Wildman–Crippen LogP) is 2.96. The molecule has 1 fully saturated rings. The molecule has 2 unspecified atom stereocenters. The summed E-state index contributed by atoms with van der Waals surface area (Å²) in [7, 11) is 3.26. The highest BCUT2D eigenvalue weighted by Gasteiger charge is 2.27. The lowest BCUT2D eigenvalue weighted by Gasteiger charge is -2.36. The minimum atomic E-state index is 0.0649. The van der Waals surface area contributed by atoms with Crippen molar-refractivity contribution in [1.29, 1.82) is 0 Å². The Morgan fingerprint density at radius 1 is 1.33 bits per heavy atom. The summed E-state index contributed by atoms with van der Waals surface area (Å²) < 4.78 is 10.7. The van der Waals surface area contributed by atoms with Gasteiger partial charge in [-0.3, -0.25) is 4.79 Å². The lowest BCUT2D eigenvalue weighted by Crippen LogP contribution is -2.44. The van der Waals surface area contributed by atoms with Gasteiger partial charge in [-0.2, -0.15) is 0 Å². The molecule has 2 atom stereocenters. The van der Waals surface area contributed by atoms with Crippen molar-refractivity contribution in [3.8, 4) is 11.5 Å². The zero-order valence-electron chi connectivity index (χ0n) is 15.0. The van der Waals surface area contributed by atoms with E-state index in [1.54, 1.807) is 14.2 Å². The number of methoxy groups -OCH3 is 2. The molecule has 1 amide bonds. The number of aliphatic hydroxyl groups is 1. The zero-order valence-corrected chi connectivity index (χ0v) is 15.0. The van der Waals surface area contributed by atoms with Crippen LogP contribution in [-0.4, -0.2) is 49.3 Å². The SMILES string of the molecule is COc1ccc(C(C)CC(=O)N2CCCCC2CCO)c(OC)c1. The highest BCUT2D eigenvalue weighted by Crippen LogP contribution is 2.33. The number of hydrogen-bond acceptors (Lipinski definition) is 4. The quantitative estimate of drug-likeness (QED) is 0.832. The van der Waals surface area contributed by atoms with E-state index in [-0.39, 0.29) is 24.5 Å². The van der Waals surface area contributed by atoms with Gasteiger partial charge in [0.1, 0.15) is 11.5 Å². The van der Waals surface area contributed by atoms with Crippen molar-refractivity contribution in [2.75, 3.05) is 27.4 Å². The van der Waals surface area contributed by atoms with Crippen molar-refractivity contribution in [3.05, 3.63) is 23.8 Å². The van der Waals surface area contributed by atoms with E-state index < -0.39 is 0 Å². The number of hydrogen-bond donors (Lipinski definition) is 1. The second-order valence-corrected chi connectivity index (χ2v) is 6.46. The molecule has 5 nitrogen and oxygen atoms in total. The van der Waals surface area contributed by atoms with Crippen LogP contribution < -0.4 is 9.47 Å². The summed E-state index contributed by atoms with van der Waals surface area (Å²) in [6.45, 7) is 2.99. The van der Waals surface area contributed by atoms with E-state index in [2.05, 4.69) is 0 Å². The molecule has 1 N–H and O–H groups in total. The Hall–Kier alpha value is -1.75. The van der Waals surface area contributed by atoms with Crippen LogP contribution in [0.15, 0.2) is 18.2 Å². The van der Waals surface area contributed by atoms with Gasteiger partial charge in [-0.05, 0) is 43.2 Å². The summed E-state index contributed by atoms with van der Waals surface area (Å²) >= 11 is 0. The van der Waals surface area contributed by atoms with Gasteiger partial charge in [-0.25, -0.2) is 0 Å². The molecule has 0 aromatic heterocycles. The molecule has 0 radical (unpaired) electrons. The first-order chi connectivity index (χ1) is 11.6. The van der Waals surface area contributed by atoms with Crippen molar-refractivity contribution in [2.24, 2.45) is 0 Å². The molecule has 1 aliphatic heterocycles. The topological polar surface area (TPSA) is 59.0 Å². The van der Waals surface area contributed by atoms with Crippen LogP contribution in [0.2, 0.25) is 0 Å². The molecule has 1 aliphatic rings. The van der Waals surface area contributed by atoms with Crippen LogP contribution in [0.1, 0.15) is 50.5 Å². The van der Waals surface area contributed by atoms with E-state index in [1.807, 2.05) is 30.0 Å². The van der Waals surface area contributed by atoms with Crippen LogP contribution >= 0.6 is 0 Å². The number of amides is 1. The Balaban J connectivity index is 2.07. The van der Waals surface area contributed by atoms with Gasteiger partial charge in [0.05, 0.1) is 14.2 Å². The maximum atomic E-state index is 12.8. The average Bonchev–Trinajstić information content (AvgIpc) is 2.61. The molecule has 1 aromatic carbocycles. The third kappa shape index (κ3) is 4.41. The molecule has 1 aromatic rings. The monoisotopic (exact) mass is 335 g/mol. The van der Waals surface area contributed by atoms with Gasteiger partial charge in [0.25, 0.3) is 0 Å². The molecule has 0 spiro atoms. The predicted molar refractivity (Wildman–Crippen MR) is 93.6 cm³/mol. The smallest absolute Gasteiger partial charge is 0.223 e. The standard InChI is InChI=1S/C19H29NO4/c1-14(17-8-7-16(23-2)13-18(17)24-3)12-19(22)20-10-5-4-6-15(20)9-11-21/h7-8,13-15,21H,4-6,9-12H2,1-3H3. The number of rotatable bonds is 7. The lowest BCUT2D eigenvalue weighted by atomic mass is 9.93. The van der Waals surface area contributed by atoms with Crippen LogP contribution in [0.5, 0.6) is 11.5 Å². The number of carbonyl (C=O) groups is 1. The van der Waals surface area contributed by atoms with Gasteiger partial charge in [-0.15, -0.1) is 0 Å². The number of benzene rings is 1. The molecule has 1 heterocycles. The van der Waals surface area contributed by atoms with E-state index in [0.717, 1.165) is 42.9 Å². The Kier molecular flexibility index (Phi) is 6.91. The molecular formula is C19H29NO4. The largest absolute Gasteiger partial charge is 0.497 e. The number of likely N-dealkylation sites (tertiary alicyclic amines) is 1. The van der Waals surface area contributed by atoms with Gasteiger partial charge in [0.2, 0.25) is 5.91 Å². The normalized spacial score (nSPS) is 19.0. The lowest BCUT2D eigenvalue weighted by molar-refractivity contribution is -0.135. The van der Waals surface area contributed by atoms with Crippen molar-refractivity contribution < 1.29 is 19.4 Å². The number of carbonyl (C=O) groups excluding carboxylic acids is 1. The number of aliphatic hydroxyl groups excluding tert-OH is 1. The molecule has 24 heavy (non-hydrogen) atoms. The Labute approximate surface area is 144 Å². The Morgan fingerprint density at radius 3 is 2.79 bits per heavy atom. The summed E-state index contributed by atoms with van der Waals surface area (Å²) in [6, 6.07) is 5.90. The highest BCUT2D eigenvalue weighted by molar-refractivity contribution is 5.77. The number of ether oxygens (including phenoxy) is 2. The van der Waals surface area contributed by atoms with E-state index >= 15 is 0 Å². The minimum Gasteiger partial charge on any atom is -0.497 e. The molecule has 5 heteroatoms. The first kappa shape index (κ1) is 18.6. The second-order valence-electron chi connectivity index (χ2n) is 6.46. The van der Waals surface area contributed by atoms with Crippen molar-refractivity contribution in [2.45, 2.75) is 51.0 Å². The first-order valence-corrected chi connectivity index (χ1v) is 8.73. The number of nitrogens with zero attached hydrogens (tertiary/aromatic N) is 1. The minimum absolute atomic E-state index is 0.0649. The molecule has 134 valence electrons. The van der Waals surface area contributed by atoms with Crippen molar-refractivity contribution >= 4 is 5.91 Å². The van der Waals surface area contributed by atoms with Gasteiger partial charge < -0.3 is 19.5 Å². The molecular weight excluding hydrogens is 306 g/mol. The van der Waals surface area contributed by atoms with Gasteiger partial charge in [-0.1, -0.05) is 13.0 Å². The number of piperidine rings is 1. The Morgan fingerprint density at radius 2 is 2.12 bits per heavy atom. The molecule has 0 aliphatic carbocycles. The molecule has 0 bridgehead atoms. The van der Waals surface area contributed by atoms with E-state index in [0.29, 0.717) is 12.8 Å². The third-order valence-corrected chi connectivity index (χ3v) is 4.86. The van der Waals surface area contributed by atoms with Crippen molar-refractivity contribution in [3.63, 3.8) is 0 Å². The van der Waals surface area contributed by atoms with Gasteiger partial charge >= 0.3 is 0 Å². The fourth-order valence-electron chi connectivity index (χ4n) is 3.49. The van der Waals surface area contributed by atoms with Gasteiger partial charge in [0.15, 0.2) is 0 Å². The van der Waals surface area contributed by atoms with Crippen LogP contribution in [0.3, 0.4) is 0 Å². The summed E-state index contributed by atoms with van der Waals surface area (Å²) in [4.78, 5) is 14.7. The summed E-state index contributed by atoms with van der Waals surface area (Å²) in [5, 5.41) is 9.23. The van der Waals surface area contributed by atoms with Crippen LogP contribution in [-0.2, 0) is 4.79 Å². The fraction of sp³-hybridized carbons (Fsp3) is 0.632. The van der Waals surface area contributed by atoms with E-state index in [1.165, 1.54) is 0 Å². The average molecular weight is 335 g/mol. The maximum absolute atomic E-state index is 12.8. The zero-order chi connectivity index (χ0) is 17.5. The Bertz CT molecular complexity index is 544. The highest BCUT2D eigenvalue weighted by atomic mass is 16.5.